The Morgan fingerprint density at radius 2 is 2.04 bits per heavy atom. The first-order valence-corrected chi connectivity index (χ1v) is 9.14. The van der Waals surface area contributed by atoms with Gasteiger partial charge in [0.15, 0.2) is 0 Å². The van der Waals surface area contributed by atoms with E-state index in [1.54, 1.807) is 6.20 Å². The van der Waals surface area contributed by atoms with Gasteiger partial charge in [-0.05, 0) is 38.3 Å². The second-order valence-electron chi connectivity index (χ2n) is 6.81. The van der Waals surface area contributed by atoms with E-state index in [0.29, 0.717) is 12.1 Å². The topological polar surface area (TPSA) is 63.2 Å². The summed E-state index contributed by atoms with van der Waals surface area (Å²) >= 11 is 0. The average molecular weight is 339 g/mol. The van der Waals surface area contributed by atoms with E-state index in [0.717, 1.165) is 55.6 Å². The lowest BCUT2D eigenvalue weighted by Gasteiger charge is -2.47. The van der Waals surface area contributed by atoms with E-state index in [9.17, 15) is 0 Å². The maximum absolute atomic E-state index is 5.49. The molecule has 6 nitrogen and oxygen atoms in total. The van der Waals surface area contributed by atoms with Gasteiger partial charge in [-0.3, -0.25) is 9.88 Å². The first-order chi connectivity index (χ1) is 12.3. The van der Waals surface area contributed by atoms with Gasteiger partial charge in [0.2, 0.25) is 0 Å². The molecule has 0 saturated carbocycles. The highest BCUT2D eigenvalue weighted by Crippen LogP contribution is 2.26. The third-order valence-electron chi connectivity index (χ3n) is 5.13. The molecule has 2 aromatic rings. The van der Waals surface area contributed by atoms with E-state index >= 15 is 0 Å². The molecule has 1 unspecified atom stereocenters. The van der Waals surface area contributed by atoms with Crippen molar-refractivity contribution in [2.75, 3.05) is 31.6 Å². The van der Waals surface area contributed by atoms with Crippen molar-refractivity contribution in [2.45, 2.75) is 38.3 Å². The summed E-state index contributed by atoms with van der Waals surface area (Å²) in [6.45, 7) is 5.86. The van der Waals surface area contributed by atoms with Gasteiger partial charge >= 0.3 is 0 Å². The molecule has 2 saturated heterocycles. The van der Waals surface area contributed by atoms with E-state index in [-0.39, 0.29) is 0 Å². The number of anilines is 1. The van der Waals surface area contributed by atoms with E-state index in [4.69, 9.17) is 4.74 Å². The van der Waals surface area contributed by atoms with Gasteiger partial charge in [-0.15, -0.1) is 0 Å². The molecular weight excluding hydrogens is 314 g/mol. The summed E-state index contributed by atoms with van der Waals surface area (Å²) < 4.78 is 5.49. The number of rotatable bonds is 5. The molecule has 2 aliphatic heterocycles. The largest absolute Gasteiger partial charge is 0.381 e. The summed E-state index contributed by atoms with van der Waals surface area (Å²) in [6, 6.07) is 9.14. The molecule has 1 N–H and O–H groups in total. The molecule has 4 heterocycles. The number of nitrogens with zero attached hydrogens (tertiary/aromatic N) is 4. The fourth-order valence-corrected chi connectivity index (χ4v) is 3.70. The second kappa shape index (κ2) is 7.45. The molecule has 2 aromatic heterocycles. The molecule has 2 fully saturated rings. The summed E-state index contributed by atoms with van der Waals surface area (Å²) in [5, 5.41) is 3.51. The molecule has 0 radical (unpaired) electrons. The van der Waals surface area contributed by atoms with E-state index < -0.39 is 0 Å². The van der Waals surface area contributed by atoms with Crippen LogP contribution in [0.25, 0.3) is 11.4 Å². The minimum atomic E-state index is 0.594. The fraction of sp³-hybridized carbons (Fsp3) is 0.526. The van der Waals surface area contributed by atoms with Crippen LogP contribution in [0, 0.1) is 6.92 Å². The number of pyridine rings is 1. The van der Waals surface area contributed by atoms with Gasteiger partial charge in [0, 0.05) is 50.7 Å². The Bertz CT molecular complexity index is 702. The summed E-state index contributed by atoms with van der Waals surface area (Å²) in [6.07, 6.45) is 5.36. The Morgan fingerprint density at radius 3 is 2.76 bits per heavy atom. The maximum atomic E-state index is 5.49. The molecular formula is C19H25N5O. The predicted octanol–water partition coefficient (Wildman–Crippen LogP) is 2.51. The Kier molecular flexibility index (Phi) is 4.90. The van der Waals surface area contributed by atoms with Crippen LogP contribution in [0.3, 0.4) is 0 Å². The quantitative estimate of drug-likeness (QED) is 0.903. The zero-order chi connectivity index (χ0) is 17.1. The van der Waals surface area contributed by atoms with Crippen molar-refractivity contribution < 1.29 is 4.74 Å². The van der Waals surface area contributed by atoms with E-state index in [2.05, 4.69) is 25.2 Å². The van der Waals surface area contributed by atoms with E-state index in [1.807, 2.05) is 31.2 Å². The first-order valence-electron chi connectivity index (χ1n) is 9.14. The number of nitrogens with one attached hydrogen (secondary N) is 1. The highest BCUT2D eigenvalue weighted by Gasteiger charge is 2.34. The van der Waals surface area contributed by atoms with Crippen molar-refractivity contribution in [3.8, 4) is 11.4 Å². The Balaban J connectivity index is 1.40. The van der Waals surface area contributed by atoms with Crippen molar-refractivity contribution in [3.05, 3.63) is 36.3 Å². The molecule has 2 aliphatic rings. The van der Waals surface area contributed by atoms with Gasteiger partial charge in [0.1, 0.15) is 11.6 Å². The van der Waals surface area contributed by atoms with Gasteiger partial charge in [0.05, 0.1) is 11.4 Å². The average Bonchev–Trinajstić information content (AvgIpc) is 2.62. The van der Waals surface area contributed by atoms with E-state index in [1.165, 1.54) is 13.0 Å². The molecule has 1 atom stereocenters. The van der Waals surface area contributed by atoms with Gasteiger partial charge < -0.3 is 10.1 Å². The lowest BCUT2D eigenvalue weighted by Crippen LogP contribution is -2.57. The van der Waals surface area contributed by atoms with Crippen LogP contribution in [0.15, 0.2) is 30.5 Å². The molecule has 4 rings (SSSR count). The molecule has 132 valence electrons. The Hall–Kier alpha value is -2.05. The number of aryl methyl sites for hydroxylation is 1. The third-order valence-corrected chi connectivity index (χ3v) is 5.13. The summed E-state index contributed by atoms with van der Waals surface area (Å²) in [4.78, 5) is 16.1. The first kappa shape index (κ1) is 16.4. The molecule has 6 heteroatoms. The highest BCUT2D eigenvalue weighted by atomic mass is 16.5. The van der Waals surface area contributed by atoms with Crippen molar-refractivity contribution in [3.63, 3.8) is 0 Å². The number of likely N-dealkylation sites (tertiary alicyclic amines) is 1. The van der Waals surface area contributed by atoms with Crippen LogP contribution < -0.4 is 5.32 Å². The SMILES string of the molecule is Cc1nc(NCC2CCN2C2CCOCC2)cc(-c2ccccn2)n1. The number of ether oxygens (including phenoxy) is 1. The predicted molar refractivity (Wildman–Crippen MR) is 97.4 cm³/mol. The Morgan fingerprint density at radius 1 is 1.16 bits per heavy atom. The molecule has 0 spiro atoms. The fourth-order valence-electron chi connectivity index (χ4n) is 3.70. The summed E-state index contributed by atoms with van der Waals surface area (Å²) in [5.41, 5.74) is 1.74. The van der Waals surface area contributed by atoms with Crippen LogP contribution in [-0.4, -0.2) is 58.2 Å². The van der Waals surface area contributed by atoms with Crippen molar-refractivity contribution in [2.24, 2.45) is 0 Å². The van der Waals surface area contributed by atoms with Crippen LogP contribution in [0.2, 0.25) is 0 Å². The minimum absolute atomic E-state index is 0.594. The van der Waals surface area contributed by atoms with Crippen molar-refractivity contribution in [1.82, 2.24) is 19.9 Å². The second-order valence-corrected chi connectivity index (χ2v) is 6.81. The summed E-state index contributed by atoms with van der Waals surface area (Å²) in [5.74, 6) is 1.65. The third kappa shape index (κ3) is 3.80. The van der Waals surface area contributed by atoms with Crippen LogP contribution in [0.1, 0.15) is 25.1 Å². The molecule has 0 aliphatic carbocycles. The Labute approximate surface area is 148 Å². The smallest absolute Gasteiger partial charge is 0.130 e. The van der Waals surface area contributed by atoms with Gasteiger partial charge in [-0.25, -0.2) is 9.97 Å². The highest BCUT2D eigenvalue weighted by molar-refractivity contribution is 5.58. The van der Waals surface area contributed by atoms with Crippen LogP contribution >= 0.6 is 0 Å². The van der Waals surface area contributed by atoms with Gasteiger partial charge in [0.25, 0.3) is 0 Å². The lowest BCUT2D eigenvalue weighted by atomic mass is 9.95. The number of aromatic nitrogens is 3. The summed E-state index contributed by atoms with van der Waals surface area (Å²) in [7, 11) is 0. The van der Waals surface area contributed by atoms with Crippen molar-refractivity contribution in [1.29, 1.82) is 0 Å². The minimum Gasteiger partial charge on any atom is -0.381 e. The zero-order valence-corrected chi connectivity index (χ0v) is 14.7. The normalized spacial score (nSPS) is 21.7. The molecule has 25 heavy (non-hydrogen) atoms. The molecule has 0 bridgehead atoms. The zero-order valence-electron chi connectivity index (χ0n) is 14.7. The monoisotopic (exact) mass is 339 g/mol. The van der Waals surface area contributed by atoms with Crippen LogP contribution in [-0.2, 0) is 4.74 Å². The molecule has 0 amide bonds. The van der Waals surface area contributed by atoms with Gasteiger partial charge in [-0.1, -0.05) is 6.07 Å². The van der Waals surface area contributed by atoms with Crippen molar-refractivity contribution >= 4 is 5.82 Å². The lowest BCUT2D eigenvalue weighted by molar-refractivity contribution is -0.0189. The number of hydrogen-bond acceptors (Lipinski definition) is 6. The molecule has 0 aromatic carbocycles. The number of hydrogen-bond donors (Lipinski definition) is 1. The van der Waals surface area contributed by atoms with Crippen LogP contribution in [0.5, 0.6) is 0 Å². The van der Waals surface area contributed by atoms with Gasteiger partial charge in [-0.2, -0.15) is 0 Å². The standard InChI is InChI=1S/C19H25N5O/c1-14-22-18(17-4-2-3-8-20-17)12-19(23-14)21-13-16-5-9-24(16)15-6-10-25-11-7-15/h2-4,8,12,15-16H,5-7,9-11,13H2,1H3,(H,21,22,23). The van der Waals surface area contributed by atoms with Crippen LogP contribution in [0.4, 0.5) is 5.82 Å². The maximum Gasteiger partial charge on any atom is 0.130 e.